The number of aliphatic imine (C=N–C) groups is 1. The van der Waals surface area contributed by atoms with Crippen LogP contribution >= 0.6 is 24.0 Å². The van der Waals surface area contributed by atoms with Crippen molar-refractivity contribution in [3.63, 3.8) is 0 Å². The van der Waals surface area contributed by atoms with Gasteiger partial charge in [-0.1, -0.05) is 6.07 Å². The zero-order valence-electron chi connectivity index (χ0n) is 18.2. The van der Waals surface area contributed by atoms with Crippen molar-refractivity contribution in [1.82, 2.24) is 20.5 Å². The number of nitrogens with zero attached hydrogens (tertiary/aromatic N) is 3. The second kappa shape index (κ2) is 15.3. The highest BCUT2D eigenvalue weighted by atomic mass is 127. The monoisotopic (exact) mass is 521 g/mol. The number of methoxy groups -OCH3 is 1. The molecule has 29 heavy (non-hydrogen) atoms. The summed E-state index contributed by atoms with van der Waals surface area (Å²) in [5.41, 5.74) is 0.428. The lowest BCUT2D eigenvalue weighted by Crippen LogP contribution is -2.39. The first-order chi connectivity index (χ1) is 13.4. The number of rotatable bonds is 10. The number of hydrogen-bond acceptors (Lipinski definition) is 5. The summed E-state index contributed by atoms with van der Waals surface area (Å²) in [7, 11) is 1.67. The molecule has 0 aromatic carbocycles. The van der Waals surface area contributed by atoms with Crippen molar-refractivity contribution >= 4 is 36.0 Å². The molecule has 0 aliphatic carbocycles. The summed E-state index contributed by atoms with van der Waals surface area (Å²) in [5, 5.41) is 6.40. The van der Waals surface area contributed by atoms with E-state index in [0.29, 0.717) is 32.8 Å². The maximum absolute atomic E-state index is 12.6. The fraction of sp³-hybridized carbons (Fsp3) is 0.650. The number of pyridine rings is 1. The molecule has 2 N–H and O–H groups in total. The molecule has 1 heterocycles. The Morgan fingerprint density at radius 2 is 2.07 bits per heavy atom. The normalized spacial score (nSPS) is 11.4. The van der Waals surface area contributed by atoms with Gasteiger partial charge < -0.3 is 25.0 Å². The topological polar surface area (TPSA) is 88.1 Å². The molecule has 0 aliphatic rings. The van der Waals surface area contributed by atoms with Gasteiger partial charge in [0.25, 0.3) is 0 Å². The summed E-state index contributed by atoms with van der Waals surface area (Å²) < 4.78 is 10.6. The Labute approximate surface area is 191 Å². The zero-order chi connectivity index (χ0) is 20.8. The largest absolute Gasteiger partial charge is 0.444 e. The van der Waals surface area contributed by atoms with Crippen molar-refractivity contribution in [1.29, 1.82) is 0 Å². The minimum Gasteiger partial charge on any atom is -0.444 e. The number of carbonyl (C=O) groups excluding carboxylic acids is 1. The SMILES string of the molecule is CCNC(=NCCCN(Cc1cccnc1)C(=O)OC(C)(C)C)NCCOC.I. The van der Waals surface area contributed by atoms with Gasteiger partial charge in [-0.25, -0.2) is 4.79 Å². The van der Waals surface area contributed by atoms with E-state index in [0.717, 1.165) is 24.5 Å². The van der Waals surface area contributed by atoms with Crippen molar-refractivity contribution in [2.24, 2.45) is 4.99 Å². The van der Waals surface area contributed by atoms with Gasteiger partial charge in [-0.3, -0.25) is 9.98 Å². The van der Waals surface area contributed by atoms with Crippen LogP contribution in [0, 0.1) is 0 Å². The third-order valence-corrected chi connectivity index (χ3v) is 3.55. The number of ether oxygens (including phenoxy) is 2. The highest BCUT2D eigenvalue weighted by Crippen LogP contribution is 2.13. The maximum atomic E-state index is 12.6. The summed E-state index contributed by atoms with van der Waals surface area (Å²) in [5.74, 6) is 0.746. The Morgan fingerprint density at radius 3 is 2.66 bits per heavy atom. The number of guanidine groups is 1. The van der Waals surface area contributed by atoms with Crippen molar-refractivity contribution in [3.8, 4) is 0 Å². The molecule has 1 amide bonds. The third kappa shape index (κ3) is 13.3. The van der Waals surface area contributed by atoms with Crippen LogP contribution in [0.15, 0.2) is 29.5 Å². The second-order valence-corrected chi connectivity index (χ2v) is 7.30. The first kappa shape index (κ1) is 27.4. The van der Waals surface area contributed by atoms with Gasteiger partial charge in [0.15, 0.2) is 5.96 Å². The number of amides is 1. The van der Waals surface area contributed by atoms with Crippen molar-refractivity contribution in [2.45, 2.75) is 46.3 Å². The lowest BCUT2D eigenvalue weighted by Gasteiger charge is -2.27. The van der Waals surface area contributed by atoms with Crippen LogP contribution in [0.2, 0.25) is 0 Å². The molecule has 1 aromatic rings. The second-order valence-electron chi connectivity index (χ2n) is 7.30. The summed E-state index contributed by atoms with van der Waals surface area (Å²) in [6, 6.07) is 3.81. The molecule has 0 fully saturated rings. The molecule has 0 radical (unpaired) electrons. The van der Waals surface area contributed by atoms with Crippen LogP contribution in [0.1, 0.15) is 39.7 Å². The predicted octanol–water partition coefficient (Wildman–Crippen LogP) is 3.03. The Bertz CT molecular complexity index is 594. The highest BCUT2D eigenvalue weighted by molar-refractivity contribution is 14.0. The van der Waals surface area contributed by atoms with Crippen LogP contribution in [-0.2, 0) is 16.0 Å². The summed E-state index contributed by atoms with van der Waals surface area (Å²) in [4.78, 5) is 22.9. The quantitative estimate of drug-likeness (QED) is 0.213. The number of aromatic nitrogens is 1. The Kier molecular flexibility index (Phi) is 14.4. The standard InChI is InChI=1S/C20H35N5O3.HI/c1-6-22-18(24-12-14-27-5)23-11-8-13-25(19(26)28-20(2,3)4)16-17-9-7-10-21-15-17;/h7,9-10,15H,6,8,11-14,16H2,1-5H3,(H2,22,23,24);1H. The molecular formula is C20H36IN5O3. The van der Waals surface area contributed by atoms with E-state index in [-0.39, 0.29) is 30.1 Å². The fourth-order valence-corrected chi connectivity index (χ4v) is 2.34. The summed E-state index contributed by atoms with van der Waals surface area (Å²) in [6.07, 6.45) is 3.87. The molecule has 0 saturated carbocycles. The van der Waals surface area contributed by atoms with Crippen LogP contribution in [0.25, 0.3) is 0 Å². The van der Waals surface area contributed by atoms with Gasteiger partial charge in [0.1, 0.15) is 5.60 Å². The molecular weight excluding hydrogens is 485 g/mol. The van der Waals surface area contributed by atoms with Gasteiger partial charge in [0, 0.05) is 45.7 Å². The van der Waals surface area contributed by atoms with E-state index in [1.807, 2.05) is 39.8 Å². The molecule has 0 spiro atoms. The Hall–Kier alpha value is -1.62. The summed E-state index contributed by atoms with van der Waals surface area (Å²) in [6.45, 7) is 11.3. The van der Waals surface area contributed by atoms with E-state index < -0.39 is 5.60 Å². The highest BCUT2D eigenvalue weighted by Gasteiger charge is 2.22. The first-order valence-corrected chi connectivity index (χ1v) is 9.73. The van der Waals surface area contributed by atoms with Crippen LogP contribution in [0.4, 0.5) is 4.79 Å². The van der Waals surface area contributed by atoms with Crippen LogP contribution in [0.3, 0.4) is 0 Å². The van der Waals surface area contributed by atoms with Crippen molar-refractivity contribution in [3.05, 3.63) is 30.1 Å². The lowest BCUT2D eigenvalue weighted by molar-refractivity contribution is 0.0232. The zero-order valence-corrected chi connectivity index (χ0v) is 20.6. The van der Waals surface area contributed by atoms with E-state index >= 15 is 0 Å². The number of carbonyl (C=O) groups is 1. The average molecular weight is 521 g/mol. The maximum Gasteiger partial charge on any atom is 0.410 e. The van der Waals surface area contributed by atoms with Crippen molar-refractivity contribution in [2.75, 3.05) is 39.9 Å². The minimum atomic E-state index is -0.536. The fourth-order valence-electron chi connectivity index (χ4n) is 2.34. The first-order valence-electron chi connectivity index (χ1n) is 9.73. The number of nitrogens with one attached hydrogen (secondary N) is 2. The molecule has 1 aromatic heterocycles. The molecule has 0 saturated heterocycles. The molecule has 0 unspecified atom stereocenters. The molecule has 8 nitrogen and oxygen atoms in total. The van der Waals surface area contributed by atoms with Crippen LogP contribution < -0.4 is 10.6 Å². The van der Waals surface area contributed by atoms with E-state index in [1.165, 1.54) is 0 Å². The summed E-state index contributed by atoms with van der Waals surface area (Å²) >= 11 is 0. The lowest BCUT2D eigenvalue weighted by atomic mass is 10.2. The Morgan fingerprint density at radius 1 is 1.31 bits per heavy atom. The molecule has 0 atom stereocenters. The molecule has 166 valence electrons. The van der Waals surface area contributed by atoms with Gasteiger partial charge in [-0.05, 0) is 45.7 Å². The van der Waals surface area contributed by atoms with E-state index in [2.05, 4.69) is 20.6 Å². The van der Waals surface area contributed by atoms with Crippen LogP contribution in [-0.4, -0.2) is 67.4 Å². The van der Waals surface area contributed by atoms with Gasteiger partial charge in [-0.15, -0.1) is 24.0 Å². The van der Waals surface area contributed by atoms with Crippen LogP contribution in [0.5, 0.6) is 0 Å². The average Bonchev–Trinajstić information content (AvgIpc) is 2.63. The van der Waals surface area contributed by atoms with Gasteiger partial charge in [0.2, 0.25) is 0 Å². The Balaban J connectivity index is 0.00000784. The molecule has 0 bridgehead atoms. The minimum absolute atomic E-state index is 0. The predicted molar refractivity (Wildman–Crippen MR) is 127 cm³/mol. The van der Waals surface area contributed by atoms with Gasteiger partial charge in [-0.2, -0.15) is 0 Å². The number of halogens is 1. The van der Waals surface area contributed by atoms with E-state index in [9.17, 15) is 4.79 Å². The van der Waals surface area contributed by atoms with E-state index in [4.69, 9.17) is 9.47 Å². The molecule has 9 heteroatoms. The van der Waals surface area contributed by atoms with E-state index in [1.54, 1.807) is 24.4 Å². The smallest absolute Gasteiger partial charge is 0.410 e. The number of hydrogen-bond donors (Lipinski definition) is 2. The van der Waals surface area contributed by atoms with Crippen molar-refractivity contribution < 1.29 is 14.3 Å². The molecule has 1 rings (SSSR count). The van der Waals surface area contributed by atoms with Gasteiger partial charge in [0.05, 0.1) is 13.2 Å². The molecule has 0 aliphatic heterocycles. The van der Waals surface area contributed by atoms with Gasteiger partial charge >= 0.3 is 6.09 Å². The third-order valence-electron chi connectivity index (χ3n) is 3.55.